The van der Waals surface area contributed by atoms with Gasteiger partial charge in [-0.2, -0.15) is 0 Å². The summed E-state index contributed by atoms with van der Waals surface area (Å²) in [5.41, 5.74) is 12.1. The average molecular weight is 395 g/mol. The van der Waals surface area contributed by atoms with Crippen molar-refractivity contribution in [2.24, 2.45) is 11.5 Å². The number of hydrogen-bond donors (Lipinski definition) is 2. The Kier molecular flexibility index (Phi) is 9.54. The maximum atomic E-state index is 12.7. The van der Waals surface area contributed by atoms with Crippen LogP contribution in [0.4, 0.5) is 0 Å². The van der Waals surface area contributed by atoms with Crippen molar-refractivity contribution in [1.82, 2.24) is 9.80 Å². The molecule has 0 saturated heterocycles. The Labute approximate surface area is 167 Å². The molecule has 0 amide bonds. The van der Waals surface area contributed by atoms with Crippen molar-refractivity contribution in [3.05, 3.63) is 35.4 Å². The summed E-state index contributed by atoms with van der Waals surface area (Å²) < 4.78 is 11.0. The van der Waals surface area contributed by atoms with E-state index in [1.165, 1.54) is 0 Å². The second-order valence-corrected chi connectivity index (χ2v) is 6.70. The Morgan fingerprint density at radius 3 is 1.39 bits per heavy atom. The first-order chi connectivity index (χ1) is 13.1. The fourth-order valence-electron chi connectivity index (χ4n) is 3.16. The third kappa shape index (κ3) is 6.27. The van der Waals surface area contributed by atoms with Crippen LogP contribution in [-0.4, -0.2) is 59.6 Å². The fraction of sp³-hybridized carbons (Fsp3) is 0.600. The van der Waals surface area contributed by atoms with Crippen LogP contribution >= 0.6 is 0 Å². The maximum absolute atomic E-state index is 12.7. The molecule has 0 aliphatic heterocycles. The normalized spacial score (nSPS) is 15.8. The topological polar surface area (TPSA) is 111 Å². The molecule has 4 atom stereocenters. The van der Waals surface area contributed by atoms with Crippen molar-refractivity contribution in [3.63, 3.8) is 0 Å². The second kappa shape index (κ2) is 11.1. The van der Waals surface area contributed by atoms with Crippen LogP contribution in [0.25, 0.3) is 0 Å². The molecule has 4 N–H and O–H groups in total. The van der Waals surface area contributed by atoms with Crippen LogP contribution in [0.3, 0.4) is 0 Å². The van der Waals surface area contributed by atoms with Crippen molar-refractivity contribution >= 4 is 11.9 Å². The van der Waals surface area contributed by atoms with Crippen molar-refractivity contribution in [2.75, 3.05) is 13.1 Å². The number of carbonyl (C=O) groups is 2. The van der Waals surface area contributed by atoms with Crippen molar-refractivity contribution < 1.29 is 19.1 Å². The Hall–Kier alpha value is -2.00. The molecule has 8 nitrogen and oxygen atoms in total. The average Bonchev–Trinajstić information content (AvgIpc) is 2.61. The summed E-state index contributed by atoms with van der Waals surface area (Å²) in [5.74, 6) is -1.21. The number of ether oxygens (including phenoxy) is 2. The van der Waals surface area contributed by atoms with E-state index >= 15 is 0 Å². The number of rotatable bonds is 10. The molecule has 0 aliphatic carbocycles. The third-order valence-corrected chi connectivity index (χ3v) is 4.63. The maximum Gasteiger partial charge on any atom is 0.340 e. The minimum absolute atomic E-state index is 0.149. The second-order valence-electron chi connectivity index (χ2n) is 6.70. The molecule has 158 valence electrons. The summed E-state index contributed by atoms with van der Waals surface area (Å²) in [6.45, 7) is 12.2. The zero-order valence-electron chi connectivity index (χ0n) is 17.7. The van der Waals surface area contributed by atoms with E-state index in [0.717, 1.165) is 0 Å². The monoisotopic (exact) mass is 394 g/mol. The van der Waals surface area contributed by atoms with Crippen LogP contribution in [0.5, 0.6) is 0 Å². The first-order valence-corrected chi connectivity index (χ1v) is 9.67. The Morgan fingerprint density at radius 2 is 1.14 bits per heavy atom. The first-order valence-electron chi connectivity index (χ1n) is 9.67. The first kappa shape index (κ1) is 24.0. The van der Waals surface area contributed by atoms with Gasteiger partial charge in [0.15, 0.2) is 12.5 Å². The lowest BCUT2D eigenvalue weighted by Crippen LogP contribution is -2.47. The molecule has 0 heterocycles. The molecular formula is C20H34N4O4. The lowest BCUT2D eigenvalue weighted by atomic mass is 10.1. The minimum Gasteiger partial charge on any atom is -0.443 e. The molecule has 0 saturated carbocycles. The van der Waals surface area contributed by atoms with Gasteiger partial charge in [0.1, 0.15) is 0 Å². The minimum atomic E-state index is -0.605. The molecule has 1 aromatic carbocycles. The van der Waals surface area contributed by atoms with Crippen LogP contribution in [0.1, 0.15) is 62.3 Å². The molecule has 28 heavy (non-hydrogen) atoms. The molecule has 0 aliphatic rings. The molecule has 1 aromatic rings. The lowest BCUT2D eigenvalue weighted by molar-refractivity contribution is -0.0384. The number of carbonyl (C=O) groups excluding carboxylic acids is 2. The Bertz CT molecular complexity index is 596. The zero-order chi connectivity index (χ0) is 21.4. The quantitative estimate of drug-likeness (QED) is 0.457. The van der Waals surface area contributed by atoms with Crippen LogP contribution in [0, 0.1) is 0 Å². The zero-order valence-corrected chi connectivity index (χ0v) is 17.7. The predicted molar refractivity (Wildman–Crippen MR) is 108 cm³/mol. The van der Waals surface area contributed by atoms with Crippen LogP contribution in [0.15, 0.2) is 24.3 Å². The number of benzene rings is 1. The number of esters is 2. The summed E-state index contributed by atoms with van der Waals surface area (Å²) in [6.07, 6.45) is -1.61. The van der Waals surface area contributed by atoms with Crippen molar-refractivity contribution in [1.29, 1.82) is 0 Å². The molecule has 8 heteroatoms. The molecule has 0 spiro atoms. The highest BCUT2D eigenvalue weighted by Gasteiger charge is 2.26. The van der Waals surface area contributed by atoms with Gasteiger partial charge in [0.05, 0.1) is 23.5 Å². The number of nitrogens with two attached hydrogens (primary N) is 2. The van der Waals surface area contributed by atoms with Gasteiger partial charge in [0.2, 0.25) is 0 Å². The Balaban J connectivity index is 2.97. The van der Waals surface area contributed by atoms with Gasteiger partial charge in [0, 0.05) is 13.1 Å². The smallest absolute Gasteiger partial charge is 0.340 e. The van der Waals surface area contributed by atoms with E-state index in [-0.39, 0.29) is 23.5 Å². The number of nitrogens with zero attached hydrogens (tertiary/aromatic N) is 2. The van der Waals surface area contributed by atoms with Gasteiger partial charge >= 0.3 is 11.9 Å². The summed E-state index contributed by atoms with van der Waals surface area (Å²) >= 11 is 0. The van der Waals surface area contributed by atoms with Crippen molar-refractivity contribution in [3.8, 4) is 0 Å². The Morgan fingerprint density at radius 1 is 0.821 bits per heavy atom. The van der Waals surface area contributed by atoms with Gasteiger partial charge in [0.25, 0.3) is 0 Å². The highest BCUT2D eigenvalue weighted by molar-refractivity contribution is 6.03. The van der Waals surface area contributed by atoms with Crippen LogP contribution in [-0.2, 0) is 9.47 Å². The van der Waals surface area contributed by atoms with Crippen LogP contribution < -0.4 is 11.5 Å². The summed E-state index contributed by atoms with van der Waals surface area (Å²) in [4.78, 5) is 29.0. The largest absolute Gasteiger partial charge is 0.443 e. The van der Waals surface area contributed by atoms with Gasteiger partial charge in [-0.25, -0.2) is 9.59 Å². The predicted octanol–water partition coefficient (Wildman–Crippen LogP) is 1.95. The van der Waals surface area contributed by atoms with E-state index in [4.69, 9.17) is 20.9 Å². The fourth-order valence-corrected chi connectivity index (χ4v) is 3.16. The molecule has 4 unspecified atom stereocenters. The molecule has 0 aromatic heterocycles. The highest BCUT2D eigenvalue weighted by Crippen LogP contribution is 2.16. The third-order valence-electron chi connectivity index (χ3n) is 4.63. The lowest BCUT2D eigenvalue weighted by Gasteiger charge is -2.31. The molecule has 1 rings (SSSR count). The van der Waals surface area contributed by atoms with Crippen molar-refractivity contribution in [2.45, 2.75) is 66.3 Å². The van der Waals surface area contributed by atoms with E-state index < -0.39 is 24.4 Å². The van der Waals surface area contributed by atoms with Gasteiger partial charge in [-0.1, -0.05) is 26.0 Å². The van der Waals surface area contributed by atoms with Gasteiger partial charge in [-0.15, -0.1) is 0 Å². The van der Waals surface area contributed by atoms with E-state index in [9.17, 15) is 9.59 Å². The summed E-state index contributed by atoms with van der Waals surface area (Å²) in [6, 6.07) is 6.43. The van der Waals surface area contributed by atoms with Gasteiger partial charge in [-0.3, -0.25) is 9.80 Å². The standard InChI is InChI=1S/C20H34N4O4/c1-7-23(13(3)21)15(5)27-19(25)17-11-9-10-12-18(17)20(26)28-16(6)24(8-2)14(4)22/h9-16H,7-8,21-22H2,1-6H3. The van der Waals surface area contributed by atoms with Gasteiger partial charge < -0.3 is 20.9 Å². The summed E-state index contributed by atoms with van der Waals surface area (Å²) in [7, 11) is 0. The molecular weight excluding hydrogens is 360 g/mol. The van der Waals surface area contributed by atoms with Crippen LogP contribution in [0.2, 0.25) is 0 Å². The highest BCUT2D eigenvalue weighted by atomic mass is 16.6. The number of hydrogen-bond acceptors (Lipinski definition) is 8. The van der Waals surface area contributed by atoms with E-state index in [1.54, 1.807) is 38.1 Å². The summed E-state index contributed by atoms with van der Waals surface area (Å²) in [5, 5.41) is 0. The molecule has 0 radical (unpaired) electrons. The SMILES string of the molecule is CCN(C(C)N)C(C)OC(=O)c1ccccc1C(=O)OC(C)N(CC)C(C)N. The van der Waals surface area contributed by atoms with E-state index in [1.807, 2.05) is 37.5 Å². The van der Waals surface area contributed by atoms with E-state index in [0.29, 0.717) is 13.1 Å². The van der Waals surface area contributed by atoms with E-state index in [2.05, 4.69) is 0 Å². The van der Waals surface area contributed by atoms with Gasteiger partial charge in [-0.05, 0) is 39.8 Å². The molecule has 0 bridgehead atoms. The molecule has 0 fully saturated rings.